The minimum Gasteiger partial charge on any atom is -0.326 e. The van der Waals surface area contributed by atoms with E-state index in [1.54, 1.807) is 0 Å². The van der Waals surface area contributed by atoms with Gasteiger partial charge in [0.25, 0.3) is 0 Å². The molecule has 1 aromatic heterocycles. The van der Waals surface area contributed by atoms with E-state index in [2.05, 4.69) is 11.1 Å². The Morgan fingerprint density at radius 2 is 2.25 bits per heavy atom. The van der Waals surface area contributed by atoms with Crippen LogP contribution in [0.3, 0.4) is 0 Å². The van der Waals surface area contributed by atoms with Crippen molar-refractivity contribution in [3.63, 3.8) is 0 Å². The van der Waals surface area contributed by atoms with Gasteiger partial charge >= 0.3 is 0 Å². The molecule has 1 aromatic rings. The predicted octanol–water partition coefficient (Wildman–Crippen LogP) is 1.84. The maximum absolute atomic E-state index is 5.51. The summed E-state index contributed by atoms with van der Waals surface area (Å²) in [5.41, 5.74) is 7.94. The maximum atomic E-state index is 5.51. The molecule has 0 radical (unpaired) electrons. The van der Waals surface area contributed by atoms with Crippen LogP contribution in [0.25, 0.3) is 0 Å². The molecule has 0 aliphatic heterocycles. The number of hydrogen-bond donors (Lipinski definition) is 1. The summed E-state index contributed by atoms with van der Waals surface area (Å²) in [4.78, 5) is 4.29. The van der Waals surface area contributed by atoms with E-state index < -0.39 is 0 Å². The fourth-order valence-electron chi connectivity index (χ4n) is 1.22. The van der Waals surface area contributed by atoms with Gasteiger partial charge in [-0.2, -0.15) is 0 Å². The van der Waals surface area contributed by atoms with Gasteiger partial charge in [0.1, 0.15) is 0 Å². The number of pyridine rings is 1. The van der Waals surface area contributed by atoms with Crippen LogP contribution in [0.4, 0.5) is 0 Å². The molecule has 12 heavy (non-hydrogen) atoms. The maximum Gasteiger partial charge on any atom is 0.0437 e. The number of hydrogen-bond acceptors (Lipinski definition) is 2. The Kier molecular flexibility index (Phi) is 3.06. The molecule has 0 saturated heterocycles. The summed E-state index contributed by atoms with van der Waals surface area (Å²) in [5, 5.41) is 0. The van der Waals surface area contributed by atoms with Crippen molar-refractivity contribution in [1.82, 2.24) is 4.98 Å². The Hall–Kier alpha value is -0.600. The van der Waals surface area contributed by atoms with Crippen molar-refractivity contribution in [2.75, 3.05) is 0 Å². The molecule has 1 fully saturated rings. The molecule has 2 rings (SSSR count). The molecule has 0 bridgehead atoms. The summed E-state index contributed by atoms with van der Waals surface area (Å²) in [6, 6.07) is 4.10. The predicted molar refractivity (Wildman–Crippen MR) is 51.4 cm³/mol. The number of rotatable bonds is 2. The third-order valence-electron chi connectivity index (χ3n) is 2.08. The van der Waals surface area contributed by atoms with Crippen LogP contribution in [-0.2, 0) is 6.54 Å². The third-order valence-corrected chi connectivity index (χ3v) is 2.08. The third kappa shape index (κ3) is 1.96. The lowest BCUT2D eigenvalue weighted by Crippen LogP contribution is -1.97. The van der Waals surface area contributed by atoms with Crippen molar-refractivity contribution >= 4 is 12.4 Å². The van der Waals surface area contributed by atoms with Gasteiger partial charge in [-0.15, -0.1) is 12.4 Å². The van der Waals surface area contributed by atoms with Gasteiger partial charge in [0, 0.05) is 24.4 Å². The van der Waals surface area contributed by atoms with E-state index in [4.69, 9.17) is 5.73 Å². The molecule has 3 heteroatoms. The number of aromatic nitrogens is 1. The Morgan fingerprint density at radius 3 is 2.83 bits per heavy atom. The molecule has 1 saturated carbocycles. The molecule has 0 spiro atoms. The van der Waals surface area contributed by atoms with Gasteiger partial charge in [0.05, 0.1) is 0 Å². The van der Waals surface area contributed by atoms with Crippen LogP contribution in [0.5, 0.6) is 0 Å². The molecule has 1 aliphatic rings. The van der Waals surface area contributed by atoms with Crippen LogP contribution in [0.2, 0.25) is 0 Å². The summed E-state index contributed by atoms with van der Waals surface area (Å²) in [6.45, 7) is 0.627. The van der Waals surface area contributed by atoms with Gasteiger partial charge in [-0.25, -0.2) is 0 Å². The van der Waals surface area contributed by atoms with Gasteiger partial charge < -0.3 is 5.73 Å². The molecule has 1 aliphatic carbocycles. The lowest BCUT2D eigenvalue weighted by molar-refractivity contribution is 0.982. The number of halogens is 1. The van der Waals surface area contributed by atoms with Crippen molar-refractivity contribution < 1.29 is 0 Å². The second-order valence-electron chi connectivity index (χ2n) is 3.07. The second-order valence-corrected chi connectivity index (χ2v) is 3.07. The summed E-state index contributed by atoms with van der Waals surface area (Å²) in [6.07, 6.45) is 4.47. The molecule has 2 N–H and O–H groups in total. The zero-order valence-electron chi connectivity index (χ0n) is 6.86. The Bertz CT molecular complexity index is 258. The van der Waals surface area contributed by atoms with Gasteiger partial charge in [-0.05, 0) is 30.5 Å². The highest BCUT2D eigenvalue weighted by atomic mass is 35.5. The van der Waals surface area contributed by atoms with E-state index in [9.17, 15) is 0 Å². The van der Waals surface area contributed by atoms with E-state index in [1.807, 2.05) is 12.3 Å². The zero-order chi connectivity index (χ0) is 7.68. The summed E-state index contributed by atoms with van der Waals surface area (Å²) in [5.74, 6) is 0.737. The van der Waals surface area contributed by atoms with E-state index in [1.165, 1.54) is 24.1 Å². The number of nitrogens with zero attached hydrogens (tertiary/aromatic N) is 1. The standard InChI is InChI=1S/C9H12N2.ClH/c10-6-7-3-4-11-9(5-7)8-1-2-8;/h3-5,8H,1-2,6,10H2;1H. The minimum atomic E-state index is 0. The average molecular weight is 185 g/mol. The summed E-state index contributed by atoms with van der Waals surface area (Å²) < 4.78 is 0. The quantitative estimate of drug-likeness (QED) is 0.762. The van der Waals surface area contributed by atoms with E-state index in [0.717, 1.165) is 5.92 Å². The van der Waals surface area contributed by atoms with Gasteiger partial charge in [-0.1, -0.05) is 0 Å². The van der Waals surface area contributed by atoms with Crippen LogP contribution < -0.4 is 5.73 Å². The highest BCUT2D eigenvalue weighted by Crippen LogP contribution is 2.38. The van der Waals surface area contributed by atoms with Crippen LogP contribution in [0.1, 0.15) is 30.0 Å². The Labute approximate surface area is 78.6 Å². The van der Waals surface area contributed by atoms with E-state index in [0.29, 0.717) is 6.54 Å². The lowest BCUT2D eigenvalue weighted by Gasteiger charge is -1.99. The monoisotopic (exact) mass is 184 g/mol. The summed E-state index contributed by atoms with van der Waals surface area (Å²) >= 11 is 0. The molecular formula is C9H13ClN2. The van der Waals surface area contributed by atoms with Crippen LogP contribution >= 0.6 is 12.4 Å². The highest BCUT2D eigenvalue weighted by molar-refractivity contribution is 5.85. The van der Waals surface area contributed by atoms with Crippen molar-refractivity contribution in [2.24, 2.45) is 5.73 Å². The zero-order valence-corrected chi connectivity index (χ0v) is 7.68. The van der Waals surface area contributed by atoms with Crippen molar-refractivity contribution in [3.8, 4) is 0 Å². The van der Waals surface area contributed by atoms with Crippen molar-refractivity contribution in [2.45, 2.75) is 25.3 Å². The van der Waals surface area contributed by atoms with Crippen molar-refractivity contribution in [3.05, 3.63) is 29.6 Å². The van der Waals surface area contributed by atoms with E-state index >= 15 is 0 Å². The molecule has 0 atom stereocenters. The molecule has 0 unspecified atom stereocenters. The average Bonchev–Trinajstić information content (AvgIpc) is 2.87. The van der Waals surface area contributed by atoms with Gasteiger partial charge in [0.15, 0.2) is 0 Å². The van der Waals surface area contributed by atoms with Crippen LogP contribution in [0, 0.1) is 0 Å². The SMILES string of the molecule is Cl.NCc1ccnc(C2CC2)c1. The molecular weight excluding hydrogens is 172 g/mol. The van der Waals surface area contributed by atoms with Gasteiger partial charge in [0.2, 0.25) is 0 Å². The van der Waals surface area contributed by atoms with Gasteiger partial charge in [-0.3, -0.25) is 4.98 Å². The van der Waals surface area contributed by atoms with Crippen molar-refractivity contribution in [1.29, 1.82) is 0 Å². The second kappa shape index (κ2) is 3.87. The molecule has 1 heterocycles. The fourth-order valence-corrected chi connectivity index (χ4v) is 1.22. The Balaban J connectivity index is 0.000000720. The minimum absolute atomic E-state index is 0. The first-order chi connectivity index (χ1) is 5.40. The molecule has 0 aromatic carbocycles. The lowest BCUT2D eigenvalue weighted by atomic mass is 10.2. The first-order valence-electron chi connectivity index (χ1n) is 4.05. The fraction of sp³-hybridized carbons (Fsp3) is 0.444. The first-order valence-corrected chi connectivity index (χ1v) is 4.05. The molecule has 0 amide bonds. The topological polar surface area (TPSA) is 38.9 Å². The smallest absolute Gasteiger partial charge is 0.0437 e. The Morgan fingerprint density at radius 1 is 1.50 bits per heavy atom. The summed E-state index contributed by atoms with van der Waals surface area (Å²) in [7, 11) is 0. The molecule has 2 nitrogen and oxygen atoms in total. The van der Waals surface area contributed by atoms with E-state index in [-0.39, 0.29) is 12.4 Å². The first kappa shape index (κ1) is 9.49. The normalized spacial score (nSPS) is 15.4. The molecule has 66 valence electrons. The highest BCUT2D eigenvalue weighted by Gasteiger charge is 2.24. The largest absolute Gasteiger partial charge is 0.326 e. The van der Waals surface area contributed by atoms with Crippen LogP contribution in [-0.4, -0.2) is 4.98 Å². The number of nitrogens with two attached hydrogens (primary N) is 1. The van der Waals surface area contributed by atoms with Crippen LogP contribution in [0.15, 0.2) is 18.3 Å².